The molecule has 0 aromatic heterocycles. The van der Waals surface area contributed by atoms with Crippen LogP contribution in [0.2, 0.25) is 0 Å². The van der Waals surface area contributed by atoms with Gasteiger partial charge in [-0.15, -0.1) is 0 Å². The zero-order valence-corrected chi connectivity index (χ0v) is 12.9. The first kappa shape index (κ1) is 19.8. The largest absolute Gasteiger partial charge is 0.391 e. The molecule has 0 heterocycles. The summed E-state index contributed by atoms with van der Waals surface area (Å²) in [4.78, 5) is 2.05. The van der Waals surface area contributed by atoms with Gasteiger partial charge in [-0.25, -0.2) is 0 Å². The minimum atomic E-state index is -0.627. The monoisotopic (exact) mass is 297 g/mol. The first-order valence-electron chi connectivity index (χ1n) is 7.54. The van der Waals surface area contributed by atoms with Gasteiger partial charge < -0.3 is 19.8 Å². The highest BCUT2D eigenvalue weighted by Crippen LogP contribution is 2.02. The second-order valence-electron chi connectivity index (χ2n) is 5.08. The first-order chi connectivity index (χ1) is 10.1. The standard InChI is InChI=1S/C15H27N3O3/c1-2-14(19)12-21-13-15(20)11-18(9-5-3-7-16)10-6-4-8-17/h14-15,19-20H,2-6,9-13H2,1H3. The van der Waals surface area contributed by atoms with E-state index < -0.39 is 12.2 Å². The van der Waals surface area contributed by atoms with Gasteiger partial charge in [0.25, 0.3) is 0 Å². The van der Waals surface area contributed by atoms with Gasteiger partial charge in [0.1, 0.15) is 0 Å². The molecule has 2 N–H and O–H groups in total. The highest BCUT2D eigenvalue weighted by Gasteiger charge is 2.12. The third-order valence-electron chi connectivity index (χ3n) is 3.09. The van der Waals surface area contributed by atoms with Gasteiger partial charge in [0, 0.05) is 19.4 Å². The van der Waals surface area contributed by atoms with Crippen LogP contribution < -0.4 is 0 Å². The molecule has 0 amide bonds. The minimum absolute atomic E-state index is 0.185. The molecular weight excluding hydrogens is 270 g/mol. The van der Waals surface area contributed by atoms with E-state index in [1.54, 1.807) is 0 Å². The molecule has 0 rings (SSSR count). The summed E-state index contributed by atoms with van der Waals surface area (Å²) in [5, 5.41) is 36.4. The summed E-state index contributed by atoms with van der Waals surface area (Å²) in [5.74, 6) is 0. The van der Waals surface area contributed by atoms with Crippen LogP contribution in [-0.4, -0.2) is 60.2 Å². The van der Waals surface area contributed by atoms with Crippen molar-refractivity contribution in [2.45, 2.75) is 51.2 Å². The third-order valence-corrected chi connectivity index (χ3v) is 3.09. The molecule has 0 aliphatic carbocycles. The molecule has 0 bridgehead atoms. The van der Waals surface area contributed by atoms with E-state index in [1.807, 2.05) is 6.92 Å². The number of ether oxygens (including phenoxy) is 1. The Labute approximate surface area is 127 Å². The molecule has 0 radical (unpaired) electrons. The summed E-state index contributed by atoms with van der Waals surface area (Å²) in [7, 11) is 0. The molecule has 0 fully saturated rings. The smallest absolute Gasteiger partial charge is 0.0900 e. The lowest BCUT2D eigenvalue weighted by atomic mass is 10.2. The van der Waals surface area contributed by atoms with Crippen molar-refractivity contribution in [2.75, 3.05) is 32.8 Å². The molecule has 2 atom stereocenters. The molecule has 0 saturated carbocycles. The Morgan fingerprint density at radius 1 is 1.00 bits per heavy atom. The van der Waals surface area contributed by atoms with Crippen molar-refractivity contribution in [3.05, 3.63) is 0 Å². The summed E-state index contributed by atoms with van der Waals surface area (Å²) in [5.41, 5.74) is 0. The quantitative estimate of drug-likeness (QED) is 0.493. The maximum atomic E-state index is 9.94. The van der Waals surface area contributed by atoms with E-state index in [2.05, 4.69) is 17.0 Å². The number of rotatable bonds is 13. The molecular formula is C15H27N3O3. The van der Waals surface area contributed by atoms with Crippen LogP contribution >= 0.6 is 0 Å². The fourth-order valence-corrected chi connectivity index (χ4v) is 1.87. The molecule has 6 nitrogen and oxygen atoms in total. The number of nitriles is 2. The number of hydrogen-bond acceptors (Lipinski definition) is 6. The Morgan fingerprint density at radius 3 is 2.00 bits per heavy atom. The van der Waals surface area contributed by atoms with Crippen molar-refractivity contribution in [3.8, 4) is 12.1 Å². The lowest BCUT2D eigenvalue weighted by Gasteiger charge is -2.24. The normalized spacial score (nSPS) is 13.6. The lowest BCUT2D eigenvalue weighted by molar-refractivity contribution is -0.0183. The van der Waals surface area contributed by atoms with Crippen molar-refractivity contribution >= 4 is 0 Å². The average Bonchev–Trinajstić information content (AvgIpc) is 2.47. The summed E-state index contributed by atoms with van der Waals surface area (Å²) < 4.78 is 5.27. The molecule has 0 aromatic rings. The van der Waals surface area contributed by atoms with Crippen molar-refractivity contribution in [1.29, 1.82) is 10.5 Å². The molecule has 0 spiro atoms. The van der Waals surface area contributed by atoms with Crippen LogP contribution in [0.15, 0.2) is 0 Å². The number of aliphatic hydroxyl groups excluding tert-OH is 2. The minimum Gasteiger partial charge on any atom is -0.391 e. The van der Waals surface area contributed by atoms with Crippen LogP contribution in [0.1, 0.15) is 39.0 Å². The fourth-order valence-electron chi connectivity index (χ4n) is 1.87. The van der Waals surface area contributed by atoms with Gasteiger partial charge in [0.2, 0.25) is 0 Å². The van der Waals surface area contributed by atoms with Crippen LogP contribution in [0.5, 0.6) is 0 Å². The zero-order valence-electron chi connectivity index (χ0n) is 12.9. The van der Waals surface area contributed by atoms with E-state index in [1.165, 1.54) is 0 Å². The molecule has 120 valence electrons. The number of hydrogen-bond donors (Lipinski definition) is 2. The van der Waals surface area contributed by atoms with E-state index in [9.17, 15) is 10.2 Å². The summed E-state index contributed by atoms with van der Waals surface area (Å²) in [6.07, 6.45) is 2.01. The van der Waals surface area contributed by atoms with Gasteiger partial charge in [-0.2, -0.15) is 10.5 Å². The molecule has 0 aliphatic heterocycles. The molecule has 21 heavy (non-hydrogen) atoms. The number of nitrogens with zero attached hydrogens (tertiary/aromatic N) is 3. The van der Waals surface area contributed by atoms with E-state index in [4.69, 9.17) is 15.3 Å². The van der Waals surface area contributed by atoms with Gasteiger partial charge in [0.05, 0.1) is 37.6 Å². The highest BCUT2D eigenvalue weighted by molar-refractivity contribution is 4.74. The number of aliphatic hydroxyl groups is 2. The van der Waals surface area contributed by atoms with Crippen molar-refractivity contribution in [1.82, 2.24) is 4.90 Å². The SMILES string of the molecule is CCC(O)COCC(O)CN(CCCC#N)CCCC#N. The Hall–Kier alpha value is -1.18. The van der Waals surface area contributed by atoms with Crippen LogP contribution in [0.4, 0.5) is 0 Å². The number of unbranched alkanes of at least 4 members (excludes halogenated alkanes) is 2. The van der Waals surface area contributed by atoms with Crippen LogP contribution in [0.25, 0.3) is 0 Å². The average molecular weight is 297 g/mol. The van der Waals surface area contributed by atoms with Gasteiger partial charge in [0.15, 0.2) is 0 Å². The second-order valence-corrected chi connectivity index (χ2v) is 5.08. The van der Waals surface area contributed by atoms with E-state index >= 15 is 0 Å². The van der Waals surface area contributed by atoms with Crippen molar-refractivity contribution < 1.29 is 14.9 Å². The molecule has 2 unspecified atom stereocenters. The fraction of sp³-hybridized carbons (Fsp3) is 0.867. The lowest BCUT2D eigenvalue weighted by Crippen LogP contribution is -2.36. The van der Waals surface area contributed by atoms with E-state index in [-0.39, 0.29) is 13.2 Å². The van der Waals surface area contributed by atoms with Gasteiger partial charge in [-0.1, -0.05) is 6.92 Å². The van der Waals surface area contributed by atoms with Gasteiger partial charge in [-0.05, 0) is 32.4 Å². The van der Waals surface area contributed by atoms with Crippen LogP contribution in [0.3, 0.4) is 0 Å². The first-order valence-corrected chi connectivity index (χ1v) is 7.54. The van der Waals surface area contributed by atoms with Crippen molar-refractivity contribution in [3.63, 3.8) is 0 Å². The predicted octanol–water partition coefficient (Wildman–Crippen LogP) is 1.04. The topological polar surface area (TPSA) is 101 Å². The molecule has 0 aliphatic rings. The third kappa shape index (κ3) is 12.3. The Kier molecular flexibility index (Phi) is 13.0. The van der Waals surface area contributed by atoms with Crippen LogP contribution in [-0.2, 0) is 4.74 Å². The molecule has 0 saturated heterocycles. The predicted molar refractivity (Wildman–Crippen MR) is 79.3 cm³/mol. The molecule has 0 aromatic carbocycles. The van der Waals surface area contributed by atoms with E-state index in [0.717, 1.165) is 25.9 Å². The zero-order chi connectivity index (χ0) is 15.9. The van der Waals surface area contributed by atoms with Gasteiger partial charge >= 0.3 is 0 Å². The highest BCUT2D eigenvalue weighted by atomic mass is 16.5. The van der Waals surface area contributed by atoms with Crippen molar-refractivity contribution in [2.24, 2.45) is 0 Å². The maximum Gasteiger partial charge on any atom is 0.0900 e. The Balaban J connectivity index is 3.99. The van der Waals surface area contributed by atoms with Gasteiger partial charge in [-0.3, -0.25) is 0 Å². The van der Waals surface area contributed by atoms with Crippen LogP contribution in [0, 0.1) is 22.7 Å². The summed E-state index contributed by atoms with van der Waals surface area (Å²) in [6, 6.07) is 4.21. The molecule has 6 heteroatoms. The maximum absolute atomic E-state index is 9.94. The Morgan fingerprint density at radius 2 is 1.52 bits per heavy atom. The summed E-state index contributed by atoms with van der Waals surface area (Å²) in [6.45, 7) is 4.21. The Bertz CT molecular complexity index is 305. The summed E-state index contributed by atoms with van der Waals surface area (Å²) >= 11 is 0. The van der Waals surface area contributed by atoms with E-state index in [0.29, 0.717) is 25.8 Å². The second kappa shape index (κ2) is 13.8.